The van der Waals surface area contributed by atoms with Gasteiger partial charge in [-0.05, 0) is 64.4 Å². The molecule has 0 radical (unpaired) electrons. The van der Waals surface area contributed by atoms with Gasteiger partial charge in [-0.2, -0.15) is 0 Å². The number of fused-ring (bicyclic) bond motifs is 1. The van der Waals surface area contributed by atoms with Crippen LogP contribution in [0.15, 0.2) is 24.3 Å². The van der Waals surface area contributed by atoms with Gasteiger partial charge in [0, 0.05) is 49.6 Å². The first kappa shape index (κ1) is 14.7. The van der Waals surface area contributed by atoms with Gasteiger partial charge in [0.2, 0.25) is 0 Å². The Kier molecular flexibility index (Phi) is 4.39. The summed E-state index contributed by atoms with van der Waals surface area (Å²) in [4.78, 5) is 7.70. The minimum absolute atomic E-state index is 0.624. The molecular formula is C18H29N3. The molecule has 0 aromatic heterocycles. The Morgan fingerprint density at radius 3 is 2.48 bits per heavy atom. The molecule has 0 N–H and O–H groups in total. The molecule has 2 fully saturated rings. The van der Waals surface area contributed by atoms with Crippen LogP contribution in [-0.2, 0) is 0 Å². The van der Waals surface area contributed by atoms with E-state index in [0.29, 0.717) is 6.04 Å². The third-order valence-corrected chi connectivity index (χ3v) is 5.25. The van der Waals surface area contributed by atoms with Gasteiger partial charge in [-0.25, -0.2) is 0 Å². The molecule has 3 rings (SSSR count). The minimum atomic E-state index is 0.624. The van der Waals surface area contributed by atoms with Crippen LogP contribution in [0, 0.1) is 0 Å². The van der Waals surface area contributed by atoms with Crippen molar-refractivity contribution >= 4 is 11.4 Å². The Labute approximate surface area is 129 Å². The summed E-state index contributed by atoms with van der Waals surface area (Å²) in [5.74, 6) is 0. The molecule has 3 nitrogen and oxygen atoms in total. The number of nitrogens with zero attached hydrogens (tertiary/aromatic N) is 3. The SMILES string of the molecule is CCN(CC)c1ccc(N2CC3CCCN3CC2C)cc1. The van der Waals surface area contributed by atoms with E-state index in [2.05, 4.69) is 59.7 Å². The predicted octanol–water partition coefficient (Wildman–Crippen LogP) is 3.21. The maximum atomic E-state index is 2.69. The Hall–Kier alpha value is -1.22. The number of hydrogen-bond acceptors (Lipinski definition) is 3. The molecule has 3 heteroatoms. The fraction of sp³-hybridized carbons (Fsp3) is 0.667. The minimum Gasteiger partial charge on any atom is -0.372 e. The average Bonchev–Trinajstić information content (AvgIpc) is 2.95. The highest BCUT2D eigenvalue weighted by Crippen LogP contribution is 2.29. The summed E-state index contributed by atoms with van der Waals surface area (Å²) >= 11 is 0. The number of hydrogen-bond donors (Lipinski definition) is 0. The van der Waals surface area contributed by atoms with Gasteiger partial charge in [0.1, 0.15) is 0 Å². The standard InChI is InChI=1S/C18H29N3/c1-4-19(5-2)16-8-10-17(11-9-16)21-14-18-7-6-12-20(18)13-15(21)3/h8-11,15,18H,4-7,12-14H2,1-3H3. The van der Waals surface area contributed by atoms with Gasteiger partial charge in [0.15, 0.2) is 0 Å². The van der Waals surface area contributed by atoms with Crippen molar-refractivity contribution in [2.24, 2.45) is 0 Å². The molecule has 1 aromatic rings. The van der Waals surface area contributed by atoms with Crippen molar-refractivity contribution in [2.45, 2.75) is 45.7 Å². The number of benzene rings is 1. The Morgan fingerprint density at radius 2 is 1.81 bits per heavy atom. The smallest absolute Gasteiger partial charge is 0.0389 e. The van der Waals surface area contributed by atoms with Gasteiger partial charge < -0.3 is 9.80 Å². The summed E-state index contributed by atoms with van der Waals surface area (Å²) in [6.45, 7) is 12.7. The highest BCUT2D eigenvalue weighted by molar-refractivity contribution is 5.57. The molecule has 2 unspecified atom stereocenters. The first-order valence-corrected chi connectivity index (χ1v) is 8.58. The van der Waals surface area contributed by atoms with E-state index in [1.807, 2.05) is 0 Å². The summed E-state index contributed by atoms with van der Waals surface area (Å²) in [5, 5.41) is 0. The molecule has 2 saturated heterocycles. The van der Waals surface area contributed by atoms with Gasteiger partial charge in [-0.1, -0.05) is 0 Å². The van der Waals surface area contributed by atoms with E-state index >= 15 is 0 Å². The van der Waals surface area contributed by atoms with Crippen LogP contribution in [0.5, 0.6) is 0 Å². The molecule has 0 aliphatic carbocycles. The van der Waals surface area contributed by atoms with E-state index in [1.165, 1.54) is 43.9 Å². The summed E-state index contributed by atoms with van der Waals surface area (Å²) in [5.41, 5.74) is 2.74. The second-order valence-electron chi connectivity index (χ2n) is 6.48. The molecule has 0 spiro atoms. The Balaban J connectivity index is 1.74. The fourth-order valence-electron chi connectivity index (χ4n) is 3.99. The van der Waals surface area contributed by atoms with Gasteiger partial charge in [-0.3, -0.25) is 4.90 Å². The topological polar surface area (TPSA) is 9.72 Å². The molecule has 0 saturated carbocycles. The second-order valence-corrected chi connectivity index (χ2v) is 6.48. The molecule has 2 aliphatic rings. The second kappa shape index (κ2) is 6.27. The summed E-state index contributed by atoms with van der Waals surface area (Å²) < 4.78 is 0. The number of rotatable bonds is 4. The third kappa shape index (κ3) is 2.89. The van der Waals surface area contributed by atoms with E-state index < -0.39 is 0 Å². The highest BCUT2D eigenvalue weighted by Gasteiger charge is 2.34. The lowest BCUT2D eigenvalue weighted by Crippen LogP contribution is -2.55. The van der Waals surface area contributed by atoms with Crippen molar-refractivity contribution in [3.63, 3.8) is 0 Å². The fourth-order valence-corrected chi connectivity index (χ4v) is 3.99. The molecule has 2 atom stereocenters. The van der Waals surface area contributed by atoms with E-state index in [0.717, 1.165) is 19.1 Å². The first-order chi connectivity index (χ1) is 10.2. The molecule has 116 valence electrons. The van der Waals surface area contributed by atoms with Crippen LogP contribution in [-0.4, -0.2) is 49.7 Å². The van der Waals surface area contributed by atoms with Crippen molar-refractivity contribution < 1.29 is 0 Å². The van der Waals surface area contributed by atoms with Gasteiger partial charge in [-0.15, -0.1) is 0 Å². The summed E-state index contributed by atoms with van der Waals surface area (Å²) in [6, 6.07) is 10.6. The van der Waals surface area contributed by atoms with Crippen LogP contribution in [0.3, 0.4) is 0 Å². The summed E-state index contributed by atoms with van der Waals surface area (Å²) in [6.07, 6.45) is 2.76. The molecule has 1 aromatic carbocycles. The van der Waals surface area contributed by atoms with Crippen molar-refractivity contribution in [1.82, 2.24) is 4.90 Å². The molecule has 21 heavy (non-hydrogen) atoms. The molecule has 2 aliphatic heterocycles. The zero-order valence-corrected chi connectivity index (χ0v) is 13.8. The normalized spacial score (nSPS) is 26.0. The average molecular weight is 287 g/mol. The van der Waals surface area contributed by atoms with Crippen LogP contribution >= 0.6 is 0 Å². The molecule has 0 amide bonds. The van der Waals surface area contributed by atoms with Crippen LogP contribution in [0.1, 0.15) is 33.6 Å². The third-order valence-electron chi connectivity index (χ3n) is 5.25. The van der Waals surface area contributed by atoms with Crippen molar-refractivity contribution in [3.05, 3.63) is 24.3 Å². The maximum absolute atomic E-state index is 2.69. The zero-order valence-electron chi connectivity index (χ0n) is 13.8. The molecular weight excluding hydrogens is 258 g/mol. The van der Waals surface area contributed by atoms with Crippen LogP contribution in [0.4, 0.5) is 11.4 Å². The van der Waals surface area contributed by atoms with E-state index in [1.54, 1.807) is 0 Å². The van der Waals surface area contributed by atoms with E-state index in [4.69, 9.17) is 0 Å². The maximum Gasteiger partial charge on any atom is 0.0389 e. The van der Waals surface area contributed by atoms with Gasteiger partial charge >= 0.3 is 0 Å². The lowest BCUT2D eigenvalue weighted by Gasteiger charge is -2.43. The number of piperazine rings is 1. The lowest BCUT2D eigenvalue weighted by atomic mass is 10.1. The van der Waals surface area contributed by atoms with Crippen molar-refractivity contribution in [1.29, 1.82) is 0 Å². The highest BCUT2D eigenvalue weighted by atomic mass is 15.3. The van der Waals surface area contributed by atoms with Gasteiger partial charge in [0.25, 0.3) is 0 Å². The van der Waals surface area contributed by atoms with E-state index in [-0.39, 0.29) is 0 Å². The number of anilines is 2. The Bertz CT molecular complexity index is 452. The monoisotopic (exact) mass is 287 g/mol. The lowest BCUT2D eigenvalue weighted by molar-refractivity contribution is 0.203. The van der Waals surface area contributed by atoms with Crippen molar-refractivity contribution in [3.8, 4) is 0 Å². The molecule has 2 heterocycles. The molecule has 0 bridgehead atoms. The van der Waals surface area contributed by atoms with Crippen molar-refractivity contribution in [2.75, 3.05) is 42.5 Å². The summed E-state index contributed by atoms with van der Waals surface area (Å²) in [7, 11) is 0. The van der Waals surface area contributed by atoms with Crippen LogP contribution in [0.2, 0.25) is 0 Å². The van der Waals surface area contributed by atoms with Crippen LogP contribution < -0.4 is 9.80 Å². The Morgan fingerprint density at radius 1 is 1.10 bits per heavy atom. The predicted molar refractivity (Wildman–Crippen MR) is 91.4 cm³/mol. The first-order valence-electron chi connectivity index (χ1n) is 8.58. The van der Waals surface area contributed by atoms with Crippen LogP contribution in [0.25, 0.3) is 0 Å². The van der Waals surface area contributed by atoms with E-state index in [9.17, 15) is 0 Å². The quantitative estimate of drug-likeness (QED) is 0.842. The van der Waals surface area contributed by atoms with Gasteiger partial charge in [0.05, 0.1) is 0 Å². The largest absolute Gasteiger partial charge is 0.372 e. The zero-order chi connectivity index (χ0) is 14.8.